The number of phenols is 1. The topological polar surface area (TPSA) is 63.9 Å². The summed E-state index contributed by atoms with van der Waals surface area (Å²) in [5.41, 5.74) is 3.49. The van der Waals surface area contributed by atoms with E-state index in [1.165, 1.54) is 0 Å². The first-order valence-corrected chi connectivity index (χ1v) is 11.7. The smallest absolute Gasteiger partial charge is 0.165 e. The van der Waals surface area contributed by atoms with Crippen LogP contribution in [-0.4, -0.2) is 33.6 Å². The van der Waals surface area contributed by atoms with Crippen LogP contribution >= 0.6 is 0 Å². The Morgan fingerprint density at radius 2 is 1.85 bits per heavy atom. The Balaban J connectivity index is 1.52. The average Bonchev–Trinajstić information content (AvgIpc) is 3.15. The number of aliphatic hydroxyl groups excluding tert-OH is 1. The molecule has 0 unspecified atom stereocenters. The maximum atomic E-state index is 10.7. The molecule has 2 N–H and O–H groups in total. The van der Waals surface area contributed by atoms with Crippen LogP contribution in [0, 0.1) is 11.3 Å². The van der Waals surface area contributed by atoms with Crippen molar-refractivity contribution in [2.75, 3.05) is 7.11 Å². The number of phenolic OH excluding ortho intramolecular Hbond substituents is 1. The zero-order chi connectivity index (χ0) is 23.5. The van der Waals surface area contributed by atoms with Crippen molar-refractivity contribution in [3.8, 4) is 17.2 Å². The minimum absolute atomic E-state index is 0.210. The maximum absolute atomic E-state index is 10.7. The number of benzene rings is 2. The van der Waals surface area contributed by atoms with Gasteiger partial charge in [0.25, 0.3) is 0 Å². The van der Waals surface area contributed by atoms with Crippen molar-refractivity contribution in [2.45, 2.75) is 51.7 Å². The van der Waals surface area contributed by atoms with E-state index in [0.717, 1.165) is 58.4 Å². The second kappa shape index (κ2) is 7.56. The highest BCUT2D eigenvalue weighted by Gasteiger charge is 2.54. The number of aryl methyl sites for hydroxylation is 1. The first kappa shape index (κ1) is 21.9. The molecule has 2 aliphatic rings. The average molecular weight is 448 g/mol. The van der Waals surface area contributed by atoms with E-state index in [4.69, 9.17) is 9.47 Å². The highest BCUT2D eigenvalue weighted by molar-refractivity contribution is 5.89. The lowest BCUT2D eigenvalue weighted by atomic mass is 9.57. The van der Waals surface area contributed by atoms with Gasteiger partial charge < -0.3 is 24.3 Å². The van der Waals surface area contributed by atoms with Gasteiger partial charge in [0.05, 0.1) is 18.7 Å². The molecule has 2 aromatic carbocycles. The lowest BCUT2D eigenvalue weighted by Crippen LogP contribution is -2.58. The van der Waals surface area contributed by atoms with Crippen LogP contribution in [-0.2, 0) is 13.5 Å². The molecule has 5 rings (SSSR count). The number of fused-ring (bicyclic) bond motifs is 3. The fourth-order valence-corrected chi connectivity index (χ4v) is 5.90. The van der Waals surface area contributed by atoms with Crippen molar-refractivity contribution in [3.63, 3.8) is 0 Å². The first-order valence-electron chi connectivity index (χ1n) is 11.7. The molecule has 3 aromatic rings. The number of aromatic nitrogens is 1. The van der Waals surface area contributed by atoms with Gasteiger partial charge >= 0.3 is 0 Å². The summed E-state index contributed by atoms with van der Waals surface area (Å²) in [5.74, 6) is 2.04. The summed E-state index contributed by atoms with van der Waals surface area (Å²) in [5, 5.41) is 21.9. The van der Waals surface area contributed by atoms with Crippen LogP contribution in [0.4, 0.5) is 0 Å². The van der Waals surface area contributed by atoms with Gasteiger partial charge in [0.2, 0.25) is 0 Å². The van der Waals surface area contributed by atoms with Gasteiger partial charge in [-0.2, -0.15) is 0 Å². The molecule has 0 saturated heterocycles. The van der Waals surface area contributed by atoms with Crippen LogP contribution in [0.3, 0.4) is 0 Å². The fraction of sp³-hybridized carbons (Fsp3) is 0.429. The van der Waals surface area contributed by atoms with E-state index < -0.39 is 0 Å². The SMILES string of the molecule is COc1cc(C=Cc2cc(O)c3ccn(C)c3c2)cc2c1O[C@]1(C)CC[C@@H](O)C(C)(C)[C@H]1C2. The molecule has 1 aromatic heterocycles. The molecule has 0 radical (unpaired) electrons. The van der Waals surface area contributed by atoms with E-state index in [1.54, 1.807) is 13.2 Å². The fourth-order valence-electron chi connectivity index (χ4n) is 5.90. The van der Waals surface area contributed by atoms with Crippen molar-refractivity contribution in [2.24, 2.45) is 18.4 Å². The number of aromatic hydroxyl groups is 1. The molecule has 5 heteroatoms. The summed E-state index contributed by atoms with van der Waals surface area (Å²) in [6, 6.07) is 9.94. The van der Waals surface area contributed by atoms with Gasteiger partial charge in [0, 0.05) is 24.5 Å². The molecule has 1 saturated carbocycles. The molecule has 0 spiro atoms. The molecule has 0 bridgehead atoms. The lowest BCUT2D eigenvalue weighted by molar-refractivity contribution is -0.138. The summed E-state index contributed by atoms with van der Waals surface area (Å²) in [6.07, 6.45) is 8.09. The van der Waals surface area contributed by atoms with E-state index in [9.17, 15) is 10.2 Å². The Morgan fingerprint density at radius 1 is 1.12 bits per heavy atom. The molecular weight excluding hydrogens is 414 g/mol. The number of nitrogens with zero attached hydrogens (tertiary/aromatic N) is 1. The van der Waals surface area contributed by atoms with Gasteiger partial charge in [-0.1, -0.05) is 26.0 Å². The molecule has 1 aliphatic carbocycles. The third-order valence-electron chi connectivity index (χ3n) is 8.01. The van der Waals surface area contributed by atoms with E-state index >= 15 is 0 Å². The van der Waals surface area contributed by atoms with E-state index in [2.05, 4.69) is 32.9 Å². The van der Waals surface area contributed by atoms with Crippen molar-refractivity contribution >= 4 is 23.1 Å². The van der Waals surface area contributed by atoms with Gasteiger partial charge in [-0.3, -0.25) is 0 Å². The Kier molecular flexibility index (Phi) is 5.02. The van der Waals surface area contributed by atoms with Crippen LogP contribution in [0.15, 0.2) is 36.5 Å². The summed E-state index contributed by atoms with van der Waals surface area (Å²) in [6.45, 7) is 6.48. The maximum Gasteiger partial charge on any atom is 0.165 e. The van der Waals surface area contributed by atoms with Gasteiger partial charge in [-0.15, -0.1) is 0 Å². The predicted octanol–water partition coefficient (Wildman–Crippen LogP) is 5.55. The zero-order valence-electron chi connectivity index (χ0n) is 20.1. The Morgan fingerprint density at radius 3 is 2.58 bits per heavy atom. The Bertz CT molecular complexity index is 1250. The zero-order valence-corrected chi connectivity index (χ0v) is 20.1. The standard InChI is InChI=1S/C28H33NO4/c1-27(2)24-16-19-12-17(6-7-18-13-21-20(22(30)14-18)9-11-29(21)4)15-23(32-5)26(19)33-28(24,3)10-8-25(27)31/h6-7,9,11-15,24-25,30-31H,8,10,16H2,1-5H3/t24-,25-,28-/m1/s1. The highest BCUT2D eigenvalue weighted by Crippen LogP contribution is 2.54. The Hall–Kier alpha value is -2.92. The second-order valence-corrected chi connectivity index (χ2v) is 10.5. The molecule has 174 valence electrons. The number of aliphatic hydroxyl groups is 1. The van der Waals surface area contributed by atoms with Gasteiger partial charge in [-0.25, -0.2) is 0 Å². The van der Waals surface area contributed by atoms with Gasteiger partial charge in [0.15, 0.2) is 11.5 Å². The number of rotatable bonds is 3. The molecule has 1 fully saturated rings. The van der Waals surface area contributed by atoms with Crippen LogP contribution in [0.1, 0.15) is 50.3 Å². The Labute approximate surface area is 195 Å². The van der Waals surface area contributed by atoms with Crippen LogP contribution in [0.25, 0.3) is 23.1 Å². The number of methoxy groups -OCH3 is 1. The van der Waals surface area contributed by atoms with E-state index in [0.29, 0.717) is 0 Å². The number of hydrogen-bond acceptors (Lipinski definition) is 4. The molecule has 33 heavy (non-hydrogen) atoms. The van der Waals surface area contributed by atoms with Gasteiger partial charge in [0.1, 0.15) is 11.4 Å². The normalized spacial score (nSPS) is 26.1. The molecule has 5 nitrogen and oxygen atoms in total. The van der Waals surface area contributed by atoms with Crippen molar-refractivity contribution in [1.29, 1.82) is 0 Å². The quantitative estimate of drug-likeness (QED) is 0.517. The lowest BCUT2D eigenvalue weighted by Gasteiger charge is -2.55. The van der Waals surface area contributed by atoms with Crippen LogP contribution < -0.4 is 9.47 Å². The summed E-state index contributed by atoms with van der Waals surface area (Å²) >= 11 is 0. The van der Waals surface area contributed by atoms with Crippen molar-refractivity contribution in [1.82, 2.24) is 4.57 Å². The number of ether oxygens (including phenoxy) is 2. The van der Waals surface area contributed by atoms with Crippen molar-refractivity contribution in [3.05, 3.63) is 53.2 Å². The predicted molar refractivity (Wildman–Crippen MR) is 132 cm³/mol. The summed E-state index contributed by atoms with van der Waals surface area (Å²) < 4.78 is 14.4. The van der Waals surface area contributed by atoms with E-state index in [-0.39, 0.29) is 28.8 Å². The molecule has 2 heterocycles. The number of hydrogen-bond donors (Lipinski definition) is 2. The molecule has 3 atom stereocenters. The summed E-state index contributed by atoms with van der Waals surface area (Å²) in [7, 11) is 3.65. The minimum Gasteiger partial charge on any atom is -0.507 e. The largest absolute Gasteiger partial charge is 0.507 e. The minimum atomic E-state index is -0.328. The van der Waals surface area contributed by atoms with E-state index in [1.807, 2.05) is 42.1 Å². The first-order chi connectivity index (χ1) is 15.6. The molecular formula is C28H33NO4. The van der Waals surface area contributed by atoms with Crippen molar-refractivity contribution < 1.29 is 19.7 Å². The highest BCUT2D eigenvalue weighted by atomic mass is 16.5. The third-order valence-corrected chi connectivity index (χ3v) is 8.01. The van der Waals surface area contributed by atoms with Gasteiger partial charge in [-0.05, 0) is 78.6 Å². The summed E-state index contributed by atoms with van der Waals surface area (Å²) in [4.78, 5) is 0. The van der Waals surface area contributed by atoms with Crippen LogP contribution in [0.5, 0.6) is 17.2 Å². The molecule has 1 aliphatic heterocycles. The monoisotopic (exact) mass is 447 g/mol. The van der Waals surface area contributed by atoms with Crippen LogP contribution in [0.2, 0.25) is 0 Å². The second-order valence-electron chi connectivity index (χ2n) is 10.5. The molecule has 0 amide bonds. The third kappa shape index (κ3) is 3.50.